The van der Waals surface area contributed by atoms with Crippen molar-refractivity contribution in [2.24, 2.45) is 0 Å². The fraction of sp³-hybridized carbons (Fsp3) is 0.462. The van der Waals surface area contributed by atoms with Crippen molar-refractivity contribution in [2.45, 2.75) is 18.9 Å². The number of carbonyl (C=O) groups excluding carboxylic acids is 1. The molecule has 1 saturated heterocycles. The van der Waals surface area contributed by atoms with Crippen LogP contribution in [0.4, 0.5) is 0 Å². The van der Waals surface area contributed by atoms with Crippen molar-refractivity contribution in [3.05, 3.63) is 37.0 Å². The monoisotopic (exact) mass is 262 g/mol. The molecule has 1 N–H and O–H groups in total. The molecule has 2 rings (SSSR count). The van der Waals surface area contributed by atoms with Crippen LogP contribution in [0.3, 0.4) is 0 Å². The summed E-state index contributed by atoms with van der Waals surface area (Å²) in [5, 5.41) is 7.01. The van der Waals surface area contributed by atoms with Crippen LogP contribution in [-0.4, -0.2) is 40.6 Å². The average Bonchev–Trinajstić information content (AvgIpc) is 3.08. The molecule has 1 aromatic heterocycles. The van der Waals surface area contributed by atoms with Crippen LogP contribution >= 0.6 is 0 Å². The van der Waals surface area contributed by atoms with Crippen LogP contribution in [0.2, 0.25) is 0 Å². The second-order valence-electron chi connectivity index (χ2n) is 4.39. The Hall–Kier alpha value is -1.95. The number of nitrogens with zero attached hydrogens (tertiary/aromatic N) is 3. The summed E-state index contributed by atoms with van der Waals surface area (Å²) in [7, 11) is 0. The molecule has 0 saturated carbocycles. The Morgan fingerprint density at radius 1 is 1.47 bits per heavy atom. The van der Waals surface area contributed by atoms with Gasteiger partial charge in [0.2, 0.25) is 5.89 Å². The molecule has 1 unspecified atom stereocenters. The molecule has 6 heteroatoms. The average molecular weight is 262 g/mol. The Morgan fingerprint density at radius 2 is 2.21 bits per heavy atom. The normalized spacial score (nSPS) is 18.2. The van der Waals surface area contributed by atoms with Crippen molar-refractivity contribution in [1.29, 1.82) is 0 Å². The first-order valence-electron chi connectivity index (χ1n) is 6.34. The number of aromatic nitrogens is 2. The van der Waals surface area contributed by atoms with Crippen LogP contribution in [0.1, 0.15) is 35.4 Å². The minimum atomic E-state index is -0.271. The lowest BCUT2D eigenvalue weighted by Gasteiger charge is -2.16. The van der Waals surface area contributed by atoms with Gasteiger partial charge in [-0.2, -0.15) is 4.98 Å². The van der Waals surface area contributed by atoms with E-state index in [1.54, 1.807) is 17.1 Å². The van der Waals surface area contributed by atoms with E-state index in [1.807, 2.05) is 0 Å². The number of amides is 1. The predicted molar refractivity (Wildman–Crippen MR) is 70.6 cm³/mol. The lowest BCUT2D eigenvalue weighted by molar-refractivity contribution is 0.0775. The quantitative estimate of drug-likeness (QED) is 0.783. The van der Waals surface area contributed by atoms with E-state index in [9.17, 15) is 4.79 Å². The van der Waals surface area contributed by atoms with Gasteiger partial charge in [0.25, 0.3) is 11.7 Å². The van der Waals surface area contributed by atoms with Crippen LogP contribution in [0.15, 0.2) is 29.8 Å². The van der Waals surface area contributed by atoms with E-state index in [0.29, 0.717) is 19.0 Å². The zero-order valence-corrected chi connectivity index (χ0v) is 10.8. The van der Waals surface area contributed by atoms with Crippen LogP contribution < -0.4 is 5.32 Å². The van der Waals surface area contributed by atoms with E-state index in [4.69, 9.17) is 4.52 Å². The lowest BCUT2D eigenvalue weighted by atomic mass is 10.2. The van der Waals surface area contributed by atoms with E-state index < -0.39 is 0 Å². The molecule has 6 nitrogen and oxygen atoms in total. The third kappa shape index (κ3) is 3.08. The summed E-state index contributed by atoms with van der Waals surface area (Å²) in [6.07, 6.45) is 5.34. The van der Waals surface area contributed by atoms with E-state index >= 15 is 0 Å². The molecule has 19 heavy (non-hydrogen) atoms. The number of hydrogen-bond donors (Lipinski definition) is 1. The molecule has 1 aliphatic rings. The predicted octanol–water partition coefficient (Wildman–Crippen LogP) is 1.31. The van der Waals surface area contributed by atoms with Gasteiger partial charge >= 0.3 is 0 Å². The fourth-order valence-corrected chi connectivity index (χ4v) is 2.05. The molecular weight excluding hydrogens is 244 g/mol. The highest BCUT2D eigenvalue weighted by atomic mass is 16.5. The highest BCUT2D eigenvalue weighted by Gasteiger charge is 2.25. The summed E-state index contributed by atoms with van der Waals surface area (Å²) in [6, 6.07) is 0.0707. The van der Waals surface area contributed by atoms with Crippen molar-refractivity contribution in [2.75, 3.05) is 19.6 Å². The number of carbonyl (C=O) groups is 1. The minimum Gasteiger partial charge on any atom is -0.337 e. The van der Waals surface area contributed by atoms with Crippen molar-refractivity contribution >= 4 is 5.91 Å². The van der Waals surface area contributed by atoms with Gasteiger partial charge in [0.15, 0.2) is 0 Å². The highest BCUT2D eigenvalue weighted by molar-refractivity contribution is 5.90. The summed E-state index contributed by atoms with van der Waals surface area (Å²) in [5.74, 6) is 0.304. The van der Waals surface area contributed by atoms with Crippen LogP contribution in [-0.2, 0) is 0 Å². The van der Waals surface area contributed by atoms with Crippen LogP contribution in [0.25, 0.3) is 0 Å². The number of nitrogens with one attached hydrogen (secondary N) is 1. The summed E-state index contributed by atoms with van der Waals surface area (Å²) >= 11 is 0. The third-order valence-electron chi connectivity index (χ3n) is 2.98. The summed E-state index contributed by atoms with van der Waals surface area (Å²) in [5.41, 5.74) is 0. The molecule has 0 aliphatic carbocycles. The number of hydrogen-bond acceptors (Lipinski definition) is 5. The molecule has 0 spiro atoms. The van der Waals surface area contributed by atoms with Gasteiger partial charge < -0.3 is 14.7 Å². The van der Waals surface area contributed by atoms with Crippen LogP contribution in [0, 0.1) is 0 Å². The van der Waals surface area contributed by atoms with Gasteiger partial charge in [0, 0.05) is 13.1 Å². The first-order chi connectivity index (χ1) is 9.26. The first kappa shape index (κ1) is 13.5. The Kier molecular flexibility index (Phi) is 4.46. The standard InChI is InChI=1S/C13H18N4O2/c1-3-8-17(9-4-2)13(18)11-15-12(19-16-11)10-6-5-7-14-10/h3-4,10,14H,1-2,5-9H2. The maximum absolute atomic E-state index is 12.2. The molecule has 0 aromatic carbocycles. The van der Waals surface area contributed by atoms with Crippen molar-refractivity contribution in [3.8, 4) is 0 Å². The molecule has 0 bridgehead atoms. The molecule has 1 atom stereocenters. The van der Waals surface area contributed by atoms with Gasteiger partial charge in [-0.05, 0) is 19.4 Å². The Balaban J connectivity index is 2.09. The Labute approximate surface area is 112 Å². The molecule has 0 radical (unpaired) electrons. The zero-order chi connectivity index (χ0) is 13.7. The fourth-order valence-electron chi connectivity index (χ4n) is 2.05. The zero-order valence-electron chi connectivity index (χ0n) is 10.8. The van der Waals surface area contributed by atoms with Gasteiger partial charge in [-0.3, -0.25) is 4.79 Å². The van der Waals surface area contributed by atoms with Gasteiger partial charge in [-0.15, -0.1) is 13.2 Å². The lowest BCUT2D eigenvalue weighted by Crippen LogP contribution is -2.32. The highest BCUT2D eigenvalue weighted by Crippen LogP contribution is 2.21. The van der Waals surface area contributed by atoms with Gasteiger partial charge in [0.05, 0.1) is 6.04 Å². The molecule has 1 fully saturated rings. The Bertz CT molecular complexity index is 453. The topological polar surface area (TPSA) is 71.3 Å². The van der Waals surface area contributed by atoms with Gasteiger partial charge in [-0.1, -0.05) is 17.3 Å². The second kappa shape index (κ2) is 6.29. The van der Waals surface area contributed by atoms with E-state index in [2.05, 4.69) is 28.6 Å². The number of rotatable bonds is 6. The first-order valence-corrected chi connectivity index (χ1v) is 6.34. The SMILES string of the molecule is C=CCN(CC=C)C(=O)c1noc(C2CCCN2)n1. The van der Waals surface area contributed by atoms with Crippen molar-refractivity contribution < 1.29 is 9.32 Å². The third-order valence-corrected chi connectivity index (χ3v) is 2.98. The van der Waals surface area contributed by atoms with E-state index in [0.717, 1.165) is 19.4 Å². The smallest absolute Gasteiger partial charge is 0.295 e. The minimum absolute atomic E-state index is 0.0707. The second-order valence-corrected chi connectivity index (χ2v) is 4.39. The van der Waals surface area contributed by atoms with Crippen molar-refractivity contribution in [3.63, 3.8) is 0 Å². The summed E-state index contributed by atoms with van der Waals surface area (Å²) in [4.78, 5) is 17.9. The molecule has 102 valence electrons. The van der Waals surface area contributed by atoms with E-state index in [-0.39, 0.29) is 17.8 Å². The molecule has 1 aromatic rings. The molecular formula is C13H18N4O2. The largest absolute Gasteiger partial charge is 0.337 e. The van der Waals surface area contributed by atoms with Crippen molar-refractivity contribution in [1.82, 2.24) is 20.4 Å². The van der Waals surface area contributed by atoms with Crippen LogP contribution in [0.5, 0.6) is 0 Å². The Morgan fingerprint density at radius 3 is 2.79 bits per heavy atom. The van der Waals surface area contributed by atoms with E-state index in [1.165, 1.54) is 0 Å². The molecule has 2 heterocycles. The van der Waals surface area contributed by atoms with Gasteiger partial charge in [0.1, 0.15) is 0 Å². The maximum Gasteiger partial charge on any atom is 0.295 e. The maximum atomic E-state index is 12.2. The van der Waals surface area contributed by atoms with Gasteiger partial charge in [-0.25, -0.2) is 0 Å². The summed E-state index contributed by atoms with van der Waals surface area (Å²) in [6.45, 7) is 9.04. The summed E-state index contributed by atoms with van der Waals surface area (Å²) < 4.78 is 5.15. The molecule has 1 aliphatic heterocycles. The molecule has 1 amide bonds.